The van der Waals surface area contributed by atoms with E-state index in [1.54, 1.807) is 0 Å². The average Bonchev–Trinajstić information content (AvgIpc) is 2.54. The van der Waals surface area contributed by atoms with Crippen LogP contribution >= 0.6 is 12.4 Å². The fraction of sp³-hybridized carbons (Fsp3) is 0.636. The van der Waals surface area contributed by atoms with Crippen LogP contribution in [0.1, 0.15) is 30.9 Å². The van der Waals surface area contributed by atoms with Crippen LogP contribution < -0.4 is 11.1 Å². The number of aromatic nitrogens is 1. The summed E-state index contributed by atoms with van der Waals surface area (Å²) in [6.07, 6.45) is 0. The molecule has 1 amide bonds. The summed E-state index contributed by atoms with van der Waals surface area (Å²) >= 11 is 0. The smallest absolute Gasteiger partial charge is 0.237 e. The number of rotatable bonds is 4. The van der Waals surface area contributed by atoms with E-state index in [-0.39, 0.29) is 24.2 Å². The zero-order valence-corrected chi connectivity index (χ0v) is 11.4. The van der Waals surface area contributed by atoms with E-state index < -0.39 is 6.04 Å². The Morgan fingerprint density at radius 1 is 1.47 bits per heavy atom. The molecule has 0 radical (unpaired) electrons. The van der Waals surface area contributed by atoms with Crippen LogP contribution in [0.25, 0.3) is 0 Å². The Balaban J connectivity index is 0.00000256. The van der Waals surface area contributed by atoms with Crippen LogP contribution in [-0.2, 0) is 11.3 Å². The second-order valence-corrected chi connectivity index (χ2v) is 4.29. The molecule has 0 aliphatic rings. The normalized spacial score (nSPS) is 12.1. The molecule has 1 rings (SSSR count). The highest BCUT2D eigenvalue weighted by Gasteiger charge is 2.18. The van der Waals surface area contributed by atoms with Crippen molar-refractivity contribution < 1.29 is 9.32 Å². The van der Waals surface area contributed by atoms with Gasteiger partial charge in [0.25, 0.3) is 0 Å². The van der Waals surface area contributed by atoms with Crippen molar-refractivity contribution in [2.24, 2.45) is 11.7 Å². The molecule has 0 aliphatic carbocycles. The third-order valence-corrected chi connectivity index (χ3v) is 2.64. The molecule has 0 spiro atoms. The molecule has 0 bridgehead atoms. The second kappa shape index (κ2) is 6.61. The van der Waals surface area contributed by atoms with Gasteiger partial charge in [0.1, 0.15) is 5.76 Å². The number of carbonyl (C=O) groups is 1. The van der Waals surface area contributed by atoms with Crippen molar-refractivity contribution in [3.05, 3.63) is 17.0 Å². The third-order valence-electron chi connectivity index (χ3n) is 2.64. The molecule has 0 aliphatic heterocycles. The van der Waals surface area contributed by atoms with Gasteiger partial charge < -0.3 is 15.6 Å². The van der Waals surface area contributed by atoms with E-state index in [4.69, 9.17) is 10.3 Å². The van der Waals surface area contributed by atoms with Crippen LogP contribution in [0.5, 0.6) is 0 Å². The van der Waals surface area contributed by atoms with Crippen LogP contribution in [0.4, 0.5) is 0 Å². The maximum Gasteiger partial charge on any atom is 0.237 e. The van der Waals surface area contributed by atoms with E-state index in [0.717, 1.165) is 17.0 Å². The van der Waals surface area contributed by atoms with E-state index in [1.165, 1.54) is 0 Å². The number of aryl methyl sites for hydroxylation is 2. The topological polar surface area (TPSA) is 81.2 Å². The Labute approximate surface area is 108 Å². The molecule has 0 fully saturated rings. The number of halogens is 1. The lowest BCUT2D eigenvalue weighted by atomic mass is 10.0. The van der Waals surface area contributed by atoms with Crippen LogP contribution in [0.3, 0.4) is 0 Å². The molecule has 3 N–H and O–H groups in total. The number of amides is 1. The molecule has 0 saturated heterocycles. The number of nitrogens with one attached hydrogen (secondary N) is 1. The van der Waals surface area contributed by atoms with Crippen LogP contribution in [-0.4, -0.2) is 17.1 Å². The largest absolute Gasteiger partial charge is 0.361 e. The molecule has 0 aromatic carbocycles. The van der Waals surface area contributed by atoms with Crippen LogP contribution in [0.15, 0.2) is 4.52 Å². The summed E-state index contributed by atoms with van der Waals surface area (Å²) in [6, 6.07) is -0.472. The second-order valence-electron chi connectivity index (χ2n) is 4.29. The summed E-state index contributed by atoms with van der Waals surface area (Å²) in [6.45, 7) is 7.92. The molecule has 5 nitrogen and oxygen atoms in total. The van der Waals surface area contributed by atoms with E-state index in [2.05, 4.69) is 10.5 Å². The van der Waals surface area contributed by atoms with E-state index in [0.29, 0.717) is 6.54 Å². The van der Waals surface area contributed by atoms with Gasteiger partial charge in [0.05, 0.1) is 11.7 Å². The maximum absolute atomic E-state index is 11.6. The molecule has 6 heteroatoms. The molecule has 17 heavy (non-hydrogen) atoms. The van der Waals surface area contributed by atoms with Crippen LogP contribution in [0, 0.1) is 19.8 Å². The summed E-state index contributed by atoms with van der Waals surface area (Å²) in [7, 11) is 0. The predicted octanol–water partition coefficient (Wildman–Crippen LogP) is 1.31. The minimum atomic E-state index is -0.472. The zero-order chi connectivity index (χ0) is 12.3. The van der Waals surface area contributed by atoms with E-state index in [9.17, 15) is 4.79 Å². The molecule has 1 unspecified atom stereocenters. The summed E-state index contributed by atoms with van der Waals surface area (Å²) in [5.74, 6) is 0.718. The van der Waals surface area contributed by atoms with E-state index in [1.807, 2.05) is 27.7 Å². The van der Waals surface area contributed by atoms with Gasteiger partial charge in [-0.05, 0) is 19.8 Å². The minimum Gasteiger partial charge on any atom is -0.361 e. The number of nitrogens with two attached hydrogens (primary N) is 1. The lowest BCUT2D eigenvalue weighted by molar-refractivity contribution is -0.123. The first-order chi connectivity index (χ1) is 7.43. The van der Waals surface area contributed by atoms with Gasteiger partial charge in [0, 0.05) is 12.1 Å². The predicted molar refractivity (Wildman–Crippen MR) is 67.9 cm³/mol. The lowest BCUT2D eigenvalue weighted by Gasteiger charge is -2.15. The zero-order valence-electron chi connectivity index (χ0n) is 10.6. The van der Waals surface area contributed by atoms with Crippen molar-refractivity contribution in [1.82, 2.24) is 10.5 Å². The quantitative estimate of drug-likeness (QED) is 0.856. The molecule has 0 saturated carbocycles. The Hall–Kier alpha value is -1.07. The van der Waals surface area contributed by atoms with E-state index >= 15 is 0 Å². The Bertz CT molecular complexity index is 357. The van der Waals surface area contributed by atoms with Crippen molar-refractivity contribution in [1.29, 1.82) is 0 Å². The van der Waals surface area contributed by atoms with Gasteiger partial charge in [0.2, 0.25) is 5.91 Å². The summed E-state index contributed by atoms with van der Waals surface area (Å²) in [4.78, 5) is 11.6. The minimum absolute atomic E-state index is 0. The van der Waals surface area contributed by atoms with Crippen molar-refractivity contribution in [3.8, 4) is 0 Å². The van der Waals surface area contributed by atoms with Crippen molar-refractivity contribution in [2.75, 3.05) is 0 Å². The fourth-order valence-corrected chi connectivity index (χ4v) is 1.35. The number of hydrogen-bond donors (Lipinski definition) is 2. The molecule has 1 atom stereocenters. The number of carbonyl (C=O) groups excluding carboxylic acids is 1. The van der Waals surface area contributed by atoms with Crippen molar-refractivity contribution in [2.45, 2.75) is 40.3 Å². The molecule has 1 aromatic heterocycles. The Kier molecular flexibility index (Phi) is 6.20. The Morgan fingerprint density at radius 2 is 2.06 bits per heavy atom. The summed E-state index contributed by atoms with van der Waals surface area (Å²) < 4.78 is 5.00. The van der Waals surface area contributed by atoms with Crippen LogP contribution in [0.2, 0.25) is 0 Å². The van der Waals surface area contributed by atoms with Gasteiger partial charge in [-0.2, -0.15) is 0 Å². The molecular formula is C11H20ClN3O2. The van der Waals surface area contributed by atoms with Gasteiger partial charge in [-0.3, -0.25) is 4.79 Å². The highest BCUT2D eigenvalue weighted by molar-refractivity contribution is 5.85. The summed E-state index contributed by atoms with van der Waals surface area (Å²) in [5, 5.41) is 6.60. The van der Waals surface area contributed by atoms with Crippen molar-refractivity contribution >= 4 is 18.3 Å². The first-order valence-corrected chi connectivity index (χ1v) is 5.38. The van der Waals surface area contributed by atoms with Gasteiger partial charge in [-0.1, -0.05) is 19.0 Å². The summed E-state index contributed by atoms with van der Waals surface area (Å²) in [5.41, 5.74) is 7.45. The average molecular weight is 262 g/mol. The Morgan fingerprint density at radius 3 is 2.47 bits per heavy atom. The first-order valence-electron chi connectivity index (χ1n) is 5.38. The first kappa shape index (κ1) is 15.9. The molecule has 1 heterocycles. The van der Waals surface area contributed by atoms with Gasteiger partial charge >= 0.3 is 0 Å². The SMILES string of the molecule is Cc1noc(C)c1CNC(=O)C(N)C(C)C.Cl. The van der Waals surface area contributed by atoms with Gasteiger partial charge in [-0.15, -0.1) is 12.4 Å². The fourth-order valence-electron chi connectivity index (χ4n) is 1.35. The molecule has 1 aromatic rings. The third kappa shape index (κ3) is 4.02. The van der Waals surface area contributed by atoms with Gasteiger partial charge in [-0.25, -0.2) is 0 Å². The number of hydrogen-bond acceptors (Lipinski definition) is 4. The molecular weight excluding hydrogens is 242 g/mol. The highest BCUT2D eigenvalue weighted by Crippen LogP contribution is 2.11. The van der Waals surface area contributed by atoms with Crippen molar-refractivity contribution in [3.63, 3.8) is 0 Å². The standard InChI is InChI=1S/C11H19N3O2.ClH/c1-6(2)10(12)11(15)13-5-9-7(3)14-16-8(9)4;/h6,10H,5,12H2,1-4H3,(H,13,15);1H. The monoisotopic (exact) mass is 261 g/mol. The number of nitrogens with zero attached hydrogens (tertiary/aromatic N) is 1. The molecule has 98 valence electrons. The highest BCUT2D eigenvalue weighted by atomic mass is 35.5. The lowest BCUT2D eigenvalue weighted by Crippen LogP contribution is -2.43. The maximum atomic E-state index is 11.6. The van der Waals surface area contributed by atoms with Gasteiger partial charge in [0.15, 0.2) is 0 Å².